The third-order valence-electron chi connectivity index (χ3n) is 1.32. The molecule has 0 saturated carbocycles. The summed E-state index contributed by atoms with van der Waals surface area (Å²) in [7, 11) is 0. The maximum Gasteiger partial charge on any atom is 0.234 e. The molecule has 0 saturated heterocycles. The first-order valence-electron chi connectivity index (χ1n) is 3.65. The molecule has 1 heterocycles. The third kappa shape index (κ3) is 2.26. The maximum atomic E-state index is 12.8. The maximum absolute atomic E-state index is 12.8. The second-order valence-corrected chi connectivity index (χ2v) is 2.89. The predicted octanol–water partition coefficient (Wildman–Crippen LogP) is 1.81. The average Bonchev–Trinajstić information content (AvgIpc) is 1.93. The number of aromatic nitrogens is 2. The predicted molar refractivity (Wildman–Crippen MR) is 40.5 cm³/mol. The van der Waals surface area contributed by atoms with Crippen LogP contribution in [0.15, 0.2) is 12.4 Å². The summed E-state index contributed by atoms with van der Waals surface area (Å²) in [5.41, 5.74) is 0.461. The van der Waals surface area contributed by atoms with Crippen molar-refractivity contribution < 1.29 is 4.39 Å². The Morgan fingerprint density at radius 2 is 2.00 bits per heavy atom. The molecule has 0 aliphatic heterocycles. The van der Waals surface area contributed by atoms with Crippen LogP contribution in [0.1, 0.15) is 19.5 Å². The van der Waals surface area contributed by atoms with Crippen molar-refractivity contribution in [2.75, 3.05) is 0 Å². The lowest BCUT2D eigenvalue weighted by Gasteiger charge is -2.02. The molecule has 1 rings (SSSR count). The van der Waals surface area contributed by atoms with E-state index in [4.69, 9.17) is 0 Å². The molecule has 0 aliphatic carbocycles. The minimum atomic E-state index is -0.443. The van der Waals surface area contributed by atoms with Crippen LogP contribution in [0.5, 0.6) is 0 Å². The van der Waals surface area contributed by atoms with Gasteiger partial charge in [0.15, 0.2) is 0 Å². The molecule has 0 N–H and O–H groups in total. The van der Waals surface area contributed by atoms with Crippen molar-refractivity contribution in [3.05, 3.63) is 24.0 Å². The van der Waals surface area contributed by atoms with Gasteiger partial charge in [-0.3, -0.25) is 4.98 Å². The average molecular weight is 154 g/mol. The second-order valence-electron chi connectivity index (χ2n) is 2.89. The fourth-order valence-electron chi connectivity index (χ4n) is 0.873. The van der Waals surface area contributed by atoms with Gasteiger partial charge in [0.05, 0.1) is 5.69 Å². The molecule has 0 spiro atoms. The molecule has 0 atom stereocenters. The molecule has 0 fully saturated rings. The topological polar surface area (TPSA) is 25.8 Å². The van der Waals surface area contributed by atoms with Crippen molar-refractivity contribution in [1.82, 2.24) is 9.97 Å². The zero-order valence-corrected chi connectivity index (χ0v) is 6.71. The lowest BCUT2D eigenvalue weighted by molar-refractivity contribution is 0.528. The van der Waals surface area contributed by atoms with Gasteiger partial charge in [0.25, 0.3) is 0 Å². The SMILES string of the molecule is CC(C)Cc1nccnc1F. The number of hydrogen-bond acceptors (Lipinski definition) is 2. The van der Waals surface area contributed by atoms with Crippen LogP contribution in [-0.2, 0) is 6.42 Å². The Bertz CT molecular complexity index is 235. The summed E-state index contributed by atoms with van der Waals surface area (Å²) in [4.78, 5) is 7.38. The Kier molecular flexibility index (Phi) is 2.52. The molecule has 0 unspecified atom stereocenters. The molecule has 0 aromatic carbocycles. The largest absolute Gasteiger partial charge is 0.255 e. The zero-order valence-electron chi connectivity index (χ0n) is 6.71. The molecular formula is C8H11FN2. The van der Waals surface area contributed by atoms with Gasteiger partial charge in [-0.25, -0.2) is 4.98 Å². The Balaban J connectivity index is 2.78. The number of hydrogen-bond donors (Lipinski definition) is 0. The van der Waals surface area contributed by atoms with E-state index in [2.05, 4.69) is 9.97 Å². The first kappa shape index (κ1) is 8.11. The minimum Gasteiger partial charge on any atom is -0.255 e. The van der Waals surface area contributed by atoms with E-state index < -0.39 is 5.95 Å². The monoisotopic (exact) mass is 154 g/mol. The van der Waals surface area contributed by atoms with E-state index in [1.54, 1.807) is 0 Å². The third-order valence-corrected chi connectivity index (χ3v) is 1.32. The van der Waals surface area contributed by atoms with Crippen LogP contribution in [0.3, 0.4) is 0 Å². The van der Waals surface area contributed by atoms with Crippen molar-refractivity contribution in [3.63, 3.8) is 0 Å². The Morgan fingerprint density at radius 1 is 1.36 bits per heavy atom. The van der Waals surface area contributed by atoms with Crippen LogP contribution in [0.25, 0.3) is 0 Å². The van der Waals surface area contributed by atoms with Gasteiger partial charge < -0.3 is 0 Å². The van der Waals surface area contributed by atoms with E-state index in [1.807, 2.05) is 13.8 Å². The van der Waals surface area contributed by atoms with Gasteiger partial charge >= 0.3 is 0 Å². The van der Waals surface area contributed by atoms with Gasteiger partial charge in [-0.2, -0.15) is 4.39 Å². The lowest BCUT2D eigenvalue weighted by atomic mass is 10.1. The van der Waals surface area contributed by atoms with Crippen LogP contribution in [0.4, 0.5) is 4.39 Å². The fraction of sp³-hybridized carbons (Fsp3) is 0.500. The summed E-state index contributed by atoms with van der Waals surface area (Å²) in [6.45, 7) is 4.04. The van der Waals surface area contributed by atoms with Crippen LogP contribution >= 0.6 is 0 Å². The van der Waals surface area contributed by atoms with E-state index in [0.717, 1.165) is 0 Å². The van der Waals surface area contributed by atoms with Crippen molar-refractivity contribution in [2.45, 2.75) is 20.3 Å². The molecular weight excluding hydrogens is 143 g/mol. The summed E-state index contributed by atoms with van der Waals surface area (Å²) in [6, 6.07) is 0. The minimum absolute atomic E-state index is 0.418. The van der Waals surface area contributed by atoms with E-state index >= 15 is 0 Å². The zero-order chi connectivity index (χ0) is 8.27. The molecule has 0 bridgehead atoms. The second kappa shape index (κ2) is 3.42. The van der Waals surface area contributed by atoms with Gasteiger partial charge in [-0.05, 0) is 12.3 Å². The lowest BCUT2D eigenvalue weighted by Crippen LogP contribution is -2.01. The van der Waals surface area contributed by atoms with Crippen LogP contribution < -0.4 is 0 Å². The van der Waals surface area contributed by atoms with Crippen molar-refractivity contribution in [1.29, 1.82) is 0 Å². The van der Waals surface area contributed by atoms with Gasteiger partial charge in [-0.1, -0.05) is 13.8 Å². The Morgan fingerprint density at radius 3 is 2.55 bits per heavy atom. The number of nitrogens with zero attached hydrogens (tertiary/aromatic N) is 2. The summed E-state index contributed by atoms with van der Waals surface area (Å²) in [5, 5.41) is 0. The number of rotatable bonds is 2. The van der Waals surface area contributed by atoms with Gasteiger partial charge in [-0.15, -0.1) is 0 Å². The van der Waals surface area contributed by atoms with E-state index in [0.29, 0.717) is 18.0 Å². The first-order chi connectivity index (χ1) is 5.20. The van der Waals surface area contributed by atoms with Gasteiger partial charge in [0, 0.05) is 12.4 Å². The van der Waals surface area contributed by atoms with Crippen LogP contribution in [0.2, 0.25) is 0 Å². The molecule has 3 heteroatoms. The van der Waals surface area contributed by atoms with E-state index in [9.17, 15) is 4.39 Å². The standard InChI is InChI=1S/C8H11FN2/c1-6(2)5-7-8(9)11-4-3-10-7/h3-4,6H,5H2,1-2H3. The van der Waals surface area contributed by atoms with Crippen molar-refractivity contribution in [2.24, 2.45) is 5.92 Å². The molecule has 60 valence electrons. The first-order valence-corrected chi connectivity index (χ1v) is 3.65. The summed E-state index contributed by atoms with van der Waals surface area (Å²) < 4.78 is 12.8. The fourth-order valence-corrected chi connectivity index (χ4v) is 0.873. The summed E-state index contributed by atoms with van der Waals surface area (Å²) in [5.74, 6) is -0.0256. The highest BCUT2D eigenvalue weighted by Gasteiger charge is 2.04. The van der Waals surface area contributed by atoms with E-state index in [1.165, 1.54) is 12.4 Å². The highest BCUT2D eigenvalue weighted by atomic mass is 19.1. The smallest absolute Gasteiger partial charge is 0.234 e. The van der Waals surface area contributed by atoms with Gasteiger partial charge in [0.1, 0.15) is 0 Å². The van der Waals surface area contributed by atoms with Crippen LogP contribution in [0, 0.1) is 11.9 Å². The molecule has 0 amide bonds. The highest BCUT2D eigenvalue weighted by molar-refractivity contribution is 4.98. The van der Waals surface area contributed by atoms with Gasteiger partial charge in [0.2, 0.25) is 5.95 Å². The highest BCUT2D eigenvalue weighted by Crippen LogP contribution is 2.06. The summed E-state index contributed by atoms with van der Waals surface area (Å²) >= 11 is 0. The van der Waals surface area contributed by atoms with Crippen LogP contribution in [-0.4, -0.2) is 9.97 Å². The van der Waals surface area contributed by atoms with E-state index in [-0.39, 0.29) is 0 Å². The van der Waals surface area contributed by atoms with Crippen molar-refractivity contribution in [3.8, 4) is 0 Å². The quantitative estimate of drug-likeness (QED) is 0.649. The molecule has 2 nitrogen and oxygen atoms in total. The Hall–Kier alpha value is -0.990. The Labute approximate surface area is 65.5 Å². The molecule has 0 aliphatic rings. The summed E-state index contributed by atoms with van der Waals surface area (Å²) in [6.07, 6.45) is 3.53. The van der Waals surface area contributed by atoms with Crippen molar-refractivity contribution >= 4 is 0 Å². The normalized spacial score (nSPS) is 10.5. The molecule has 11 heavy (non-hydrogen) atoms. The molecule has 0 radical (unpaired) electrons. The molecule has 1 aromatic rings. The molecule has 1 aromatic heterocycles. The number of halogens is 1.